The Bertz CT molecular complexity index is 610. The van der Waals surface area contributed by atoms with Gasteiger partial charge in [0.2, 0.25) is 11.5 Å². The molecule has 0 unspecified atom stereocenters. The van der Waals surface area contributed by atoms with Crippen LogP contribution in [0.2, 0.25) is 0 Å². The summed E-state index contributed by atoms with van der Waals surface area (Å²) in [5.41, 5.74) is -0.149. The van der Waals surface area contributed by atoms with E-state index in [2.05, 4.69) is 15.1 Å². The summed E-state index contributed by atoms with van der Waals surface area (Å²) in [5.74, 6) is 0.336. The Morgan fingerprint density at radius 3 is 3.10 bits per heavy atom. The minimum absolute atomic E-state index is 0.155. The first-order valence-electron chi connectivity index (χ1n) is 7.09. The molecule has 3 rings (SSSR count). The van der Waals surface area contributed by atoms with Crippen LogP contribution in [0.4, 0.5) is 0 Å². The summed E-state index contributed by atoms with van der Waals surface area (Å²) < 4.78 is 6.02. The molecule has 1 spiro atoms. The number of pyridine rings is 1. The molecule has 21 heavy (non-hydrogen) atoms. The van der Waals surface area contributed by atoms with E-state index >= 15 is 0 Å². The number of hydrogen-bond donors (Lipinski definition) is 1. The van der Waals surface area contributed by atoms with E-state index < -0.39 is 5.60 Å². The van der Waals surface area contributed by atoms with Crippen LogP contribution in [-0.4, -0.2) is 40.1 Å². The minimum Gasteiger partial charge on any atom is -0.459 e. The van der Waals surface area contributed by atoms with Gasteiger partial charge < -0.3 is 10.1 Å². The first-order valence-corrected chi connectivity index (χ1v) is 7.09. The van der Waals surface area contributed by atoms with E-state index in [1.807, 2.05) is 30.9 Å². The van der Waals surface area contributed by atoms with Gasteiger partial charge in [-0.25, -0.2) is 16.5 Å². The van der Waals surface area contributed by atoms with Crippen molar-refractivity contribution >= 4 is 5.91 Å². The highest BCUT2D eigenvalue weighted by molar-refractivity contribution is 5.87. The molecule has 0 aromatic carbocycles. The number of carbonyl (C=O) groups excluding carboxylic acids is 1. The van der Waals surface area contributed by atoms with Crippen molar-refractivity contribution in [1.29, 1.82) is 0 Å². The van der Waals surface area contributed by atoms with Crippen LogP contribution in [0.5, 0.6) is 5.88 Å². The van der Waals surface area contributed by atoms with Gasteiger partial charge in [0.05, 0.1) is 13.0 Å². The zero-order chi connectivity index (χ0) is 15.0. The van der Waals surface area contributed by atoms with E-state index in [9.17, 15) is 4.79 Å². The van der Waals surface area contributed by atoms with Crippen LogP contribution < -0.4 is 10.1 Å². The van der Waals surface area contributed by atoms with Crippen molar-refractivity contribution in [1.82, 2.24) is 15.2 Å². The quantitative estimate of drug-likeness (QED) is 0.788. The highest BCUT2D eigenvalue weighted by Crippen LogP contribution is 2.36. The molecule has 3 heterocycles. The van der Waals surface area contributed by atoms with Crippen LogP contribution in [0.25, 0.3) is 4.85 Å². The van der Waals surface area contributed by atoms with Gasteiger partial charge >= 0.3 is 0 Å². The number of aromatic nitrogens is 1. The lowest BCUT2D eigenvalue weighted by Crippen LogP contribution is -2.52. The monoisotopic (exact) mass is 286 g/mol. The predicted molar refractivity (Wildman–Crippen MR) is 76.3 cm³/mol. The minimum atomic E-state index is -1.01. The summed E-state index contributed by atoms with van der Waals surface area (Å²) in [5, 5.41) is 2.90. The molecule has 1 aromatic heterocycles. The van der Waals surface area contributed by atoms with Crippen molar-refractivity contribution in [3.63, 3.8) is 0 Å². The number of nitrogens with one attached hydrogen (secondary N) is 1. The SMILES string of the molecule is [C-]#[N+][C@@H]1C[C@]2(CN1C(C)C)Oc1ncccc1CNC2=O. The average Bonchev–Trinajstić information content (AvgIpc) is 2.79. The van der Waals surface area contributed by atoms with Gasteiger partial charge in [0, 0.05) is 24.3 Å². The molecule has 1 saturated heterocycles. The number of nitrogens with zero attached hydrogens (tertiary/aromatic N) is 3. The molecule has 2 aliphatic heterocycles. The second kappa shape index (κ2) is 5.01. The van der Waals surface area contributed by atoms with Crippen LogP contribution in [-0.2, 0) is 11.3 Å². The fourth-order valence-corrected chi connectivity index (χ4v) is 2.98. The summed E-state index contributed by atoms with van der Waals surface area (Å²) >= 11 is 0. The molecule has 1 N–H and O–H groups in total. The largest absolute Gasteiger partial charge is 0.459 e. The van der Waals surface area contributed by atoms with Crippen molar-refractivity contribution in [2.45, 2.75) is 44.6 Å². The summed E-state index contributed by atoms with van der Waals surface area (Å²) in [6.07, 6.45) is 1.70. The number of carbonyl (C=O) groups is 1. The highest BCUT2D eigenvalue weighted by Gasteiger charge is 2.56. The van der Waals surface area contributed by atoms with E-state index in [0.717, 1.165) is 5.56 Å². The van der Waals surface area contributed by atoms with Crippen molar-refractivity contribution in [3.8, 4) is 5.88 Å². The van der Waals surface area contributed by atoms with Crippen LogP contribution >= 0.6 is 0 Å². The predicted octanol–water partition coefficient (Wildman–Crippen LogP) is 1.19. The van der Waals surface area contributed by atoms with Crippen molar-refractivity contribution in [3.05, 3.63) is 35.3 Å². The second-order valence-corrected chi connectivity index (χ2v) is 5.83. The Balaban J connectivity index is 1.97. The maximum Gasteiger partial charge on any atom is 0.284 e. The van der Waals surface area contributed by atoms with Gasteiger partial charge in [-0.15, -0.1) is 0 Å². The number of hydrogen-bond acceptors (Lipinski definition) is 4. The first kappa shape index (κ1) is 13.8. The van der Waals surface area contributed by atoms with Gasteiger partial charge in [0.1, 0.15) is 0 Å². The van der Waals surface area contributed by atoms with Crippen LogP contribution in [0.15, 0.2) is 18.3 Å². The van der Waals surface area contributed by atoms with Crippen LogP contribution in [0.1, 0.15) is 25.8 Å². The van der Waals surface area contributed by atoms with E-state index in [4.69, 9.17) is 11.3 Å². The third-order valence-electron chi connectivity index (χ3n) is 4.14. The molecule has 6 nitrogen and oxygen atoms in total. The maximum absolute atomic E-state index is 12.5. The third kappa shape index (κ3) is 2.24. The molecule has 1 fully saturated rings. The zero-order valence-electron chi connectivity index (χ0n) is 12.2. The molecular formula is C15H18N4O2. The zero-order valence-corrected chi connectivity index (χ0v) is 12.2. The van der Waals surface area contributed by atoms with Crippen molar-refractivity contribution in [2.75, 3.05) is 6.54 Å². The molecule has 0 bridgehead atoms. The van der Waals surface area contributed by atoms with E-state index in [-0.39, 0.29) is 18.1 Å². The van der Waals surface area contributed by atoms with Crippen LogP contribution in [0.3, 0.4) is 0 Å². The highest BCUT2D eigenvalue weighted by atomic mass is 16.5. The Morgan fingerprint density at radius 1 is 1.62 bits per heavy atom. The lowest BCUT2D eigenvalue weighted by atomic mass is 10.0. The average molecular weight is 286 g/mol. The van der Waals surface area contributed by atoms with E-state index in [0.29, 0.717) is 25.4 Å². The fraction of sp³-hybridized carbons (Fsp3) is 0.533. The standard InChI is InChI=1S/C15H18N4O2/c1-10(2)19-9-15(7-12(19)16-3)14(20)18-8-11-5-4-6-17-13(11)21-15/h4-6,10,12H,7-9H2,1-2H3,(H,18,20)/t12-,15+/m0/s1. The smallest absolute Gasteiger partial charge is 0.284 e. The molecule has 2 atom stereocenters. The molecule has 1 aromatic rings. The summed E-state index contributed by atoms with van der Waals surface area (Å²) in [6.45, 7) is 12.3. The summed E-state index contributed by atoms with van der Waals surface area (Å²) in [6, 6.07) is 3.90. The van der Waals surface area contributed by atoms with Gasteiger partial charge in [-0.2, -0.15) is 0 Å². The van der Waals surface area contributed by atoms with E-state index in [1.165, 1.54) is 0 Å². The Kier molecular flexibility index (Phi) is 3.30. The topological polar surface area (TPSA) is 58.8 Å². The van der Waals surface area contributed by atoms with Crippen LogP contribution in [0, 0.1) is 6.57 Å². The number of amides is 1. The molecule has 0 aliphatic carbocycles. The maximum atomic E-state index is 12.5. The number of ether oxygens (including phenoxy) is 1. The molecule has 110 valence electrons. The number of rotatable bonds is 1. The number of fused-ring (bicyclic) bond motifs is 1. The first-order chi connectivity index (χ1) is 10.1. The van der Waals surface area contributed by atoms with Gasteiger partial charge in [-0.3, -0.25) is 9.64 Å². The molecule has 6 heteroatoms. The Labute approximate surface area is 123 Å². The normalized spacial score (nSPS) is 28.7. The molecular weight excluding hydrogens is 268 g/mol. The molecule has 0 radical (unpaired) electrons. The number of likely N-dealkylation sites (tertiary alicyclic amines) is 1. The van der Waals surface area contributed by atoms with Gasteiger partial charge in [0.15, 0.2) is 0 Å². The third-order valence-corrected chi connectivity index (χ3v) is 4.14. The van der Waals surface area contributed by atoms with Gasteiger partial charge in [-0.1, -0.05) is 6.07 Å². The van der Waals surface area contributed by atoms with E-state index in [1.54, 1.807) is 6.20 Å². The Morgan fingerprint density at radius 2 is 2.43 bits per heavy atom. The summed E-state index contributed by atoms with van der Waals surface area (Å²) in [7, 11) is 0. The lowest BCUT2D eigenvalue weighted by Gasteiger charge is -2.26. The second-order valence-electron chi connectivity index (χ2n) is 5.83. The summed E-state index contributed by atoms with van der Waals surface area (Å²) in [4.78, 5) is 22.5. The molecule has 0 saturated carbocycles. The van der Waals surface area contributed by atoms with Crippen molar-refractivity contribution in [2.24, 2.45) is 0 Å². The molecule has 1 amide bonds. The Hall–Kier alpha value is -2.13. The van der Waals surface area contributed by atoms with Crippen molar-refractivity contribution < 1.29 is 9.53 Å². The van der Waals surface area contributed by atoms with Gasteiger partial charge in [0.25, 0.3) is 12.1 Å². The fourth-order valence-electron chi connectivity index (χ4n) is 2.98. The lowest BCUT2D eigenvalue weighted by molar-refractivity contribution is -0.135. The molecule has 2 aliphatic rings. The van der Waals surface area contributed by atoms with Gasteiger partial charge in [-0.05, 0) is 19.9 Å².